The zero-order valence-corrected chi connectivity index (χ0v) is 6.68. The van der Waals surface area contributed by atoms with Gasteiger partial charge in [0.2, 0.25) is 0 Å². The summed E-state index contributed by atoms with van der Waals surface area (Å²) in [4.78, 5) is 0. The molecule has 1 N–H and O–H groups in total. The molecule has 0 unspecified atom stereocenters. The van der Waals surface area contributed by atoms with Gasteiger partial charge in [-0.1, -0.05) is 0 Å². The van der Waals surface area contributed by atoms with Crippen molar-refractivity contribution in [3.05, 3.63) is 0 Å². The number of hydrogen-bond donors (Lipinski definition) is 1. The Morgan fingerprint density at radius 2 is 2.20 bits per heavy atom. The first kappa shape index (κ1) is 6.62. The Morgan fingerprint density at radius 3 is 2.50 bits per heavy atom. The Hall–Kier alpha value is -0.0800. The second kappa shape index (κ2) is 1.95. The lowest BCUT2D eigenvalue weighted by Gasteiger charge is -2.58. The summed E-state index contributed by atoms with van der Waals surface area (Å²) in [5, 5.41) is 3.39. The first-order chi connectivity index (χ1) is 4.77. The number of nitrogens with one attached hydrogen (secondary N) is 1. The van der Waals surface area contributed by atoms with Crippen LogP contribution in [-0.2, 0) is 4.74 Å². The molecule has 0 aromatic rings. The van der Waals surface area contributed by atoms with Gasteiger partial charge in [0, 0.05) is 25.1 Å². The molecule has 2 heteroatoms. The van der Waals surface area contributed by atoms with Crippen molar-refractivity contribution in [1.82, 2.24) is 5.32 Å². The molecule has 0 aromatic heterocycles. The van der Waals surface area contributed by atoms with Crippen LogP contribution in [0.15, 0.2) is 0 Å². The summed E-state index contributed by atoms with van der Waals surface area (Å²) in [5.41, 5.74) is 0.640. The quantitative estimate of drug-likeness (QED) is 0.582. The second-order valence-corrected chi connectivity index (χ2v) is 3.73. The summed E-state index contributed by atoms with van der Waals surface area (Å²) < 4.78 is 5.24. The molecule has 1 heterocycles. The summed E-state index contributed by atoms with van der Waals surface area (Å²) in [6.07, 6.45) is 3.11. The molecule has 0 radical (unpaired) electrons. The Morgan fingerprint density at radius 1 is 1.50 bits per heavy atom. The minimum atomic E-state index is 0.560. The van der Waals surface area contributed by atoms with E-state index in [1.165, 1.54) is 19.4 Å². The fourth-order valence-electron chi connectivity index (χ4n) is 2.11. The number of hydrogen-bond acceptors (Lipinski definition) is 2. The van der Waals surface area contributed by atoms with E-state index in [2.05, 4.69) is 12.2 Å². The minimum absolute atomic E-state index is 0.560. The van der Waals surface area contributed by atoms with Crippen molar-refractivity contribution >= 4 is 0 Å². The monoisotopic (exact) mass is 141 g/mol. The molecule has 1 aliphatic heterocycles. The number of methoxy groups -OCH3 is 1. The predicted octanol–water partition coefficient (Wildman–Crippen LogP) is 0.773. The topological polar surface area (TPSA) is 21.3 Å². The SMILES string of the molecule is COC1CC2(CN[C@@H]2C)C1. The Balaban J connectivity index is 1.88. The summed E-state index contributed by atoms with van der Waals surface area (Å²) in [6.45, 7) is 3.49. The Kier molecular flexibility index (Phi) is 1.29. The molecule has 2 rings (SSSR count). The first-order valence-corrected chi connectivity index (χ1v) is 4.03. The van der Waals surface area contributed by atoms with Crippen molar-refractivity contribution in [3.8, 4) is 0 Å². The van der Waals surface area contributed by atoms with Gasteiger partial charge in [0.1, 0.15) is 0 Å². The lowest BCUT2D eigenvalue weighted by Crippen LogP contribution is -2.67. The molecule has 0 bridgehead atoms. The highest BCUT2D eigenvalue weighted by Crippen LogP contribution is 2.49. The van der Waals surface area contributed by atoms with E-state index in [1.807, 2.05) is 7.11 Å². The van der Waals surface area contributed by atoms with Gasteiger partial charge in [0.15, 0.2) is 0 Å². The normalized spacial score (nSPS) is 52.2. The zero-order valence-electron chi connectivity index (χ0n) is 6.68. The van der Waals surface area contributed by atoms with Crippen molar-refractivity contribution in [2.45, 2.75) is 31.9 Å². The smallest absolute Gasteiger partial charge is 0.0584 e. The molecule has 58 valence electrons. The number of ether oxygens (including phenoxy) is 1. The molecule has 1 saturated carbocycles. The largest absolute Gasteiger partial charge is 0.381 e. The standard InChI is InChI=1S/C8H15NO/c1-6-8(5-9-6)3-7(4-8)10-2/h6-7,9H,3-5H2,1-2H3/t6-,7?,8?/m1/s1. The van der Waals surface area contributed by atoms with E-state index in [9.17, 15) is 0 Å². The highest BCUT2D eigenvalue weighted by molar-refractivity contribution is 5.08. The lowest BCUT2D eigenvalue weighted by molar-refractivity contribution is -0.110. The molecule has 1 spiro atoms. The zero-order chi connectivity index (χ0) is 7.19. The second-order valence-electron chi connectivity index (χ2n) is 3.73. The van der Waals surface area contributed by atoms with Crippen molar-refractivity contribution in [2.24, 2.45) is 5.41 Å². The van der Waals surface area contributed by atoms with Gasteiger partial charge >= 0.3 is 0 Å². The van der Waals surface area contributed by atoms with E-state index in [0.717, 1.165) is 6.04 Å². The van der Waals surface area contributed by atoms with Crippen LogP contribution < -0.4 is 5.32 Å². The van der Waals surface area contributed by atoms with Crippen LogP contribution in [0.1, 0.15) is 19.8 Å². The predicted molar refractivity (Wildman–Crippen MR) is 39.9 cm³/mol. The molecule has 2 fully saturated rings. The van der Waals surface area contributed by atoms with Gasteiger partial charge in [-0.05, 0) is 19.8 Å². The summed E-state index contributed by atoms with van der Waals surface area (Å²) in [5.74, 6) is 0. The molecule has 2 nitrogen and oxygen atoms in total. The fraction of sp³-hybridized carbons (Fsp3) is 1.00. The van der Waals surface area contributed by atoms with Crippen LogP contribution in [0.2, 0.25) is 0 Å². The summed E-state index contributed by atoms with van der Waals surface area (Å²) in [6, 6.07) is 0.735. The van der Waals surface area contributed by atoms with E-state index in [4.69, 9.17) is 4.74 Å². The van der Waals surface area contributed by atoms with E-state index < -0.39 is 0 Å². The van der Waals surface area contributed by atoms with Gasteiger partial charge in [-0.3, -0.25) is 0 Å². The Labute approximate surface area is 61.9 Å². The number of rotatable bonds is 1. The maximum atomic E-state index is 5.24. The molecule has 0 amide bonds. The van der Waals surface area contributed by atoms with E-state index >= 15 is 0 Å². The van der Waals surface area contributed by atoms with Crippen LogP contribution in [0.5, 0.6) is 0 Å². The van der Waals surface area contributed by atoms with Crippen LogP contribution in [0.3, 0.4) is 0 Å². The highest BCUT2D eigenvalue weighted by Gasteiger charge is 2.53. The molecule has 1 saturated heterocycles. The van der Waals surface area contributed by atoms with E-state index in [-0.39, 0.29) is 0 Å². The highest BCUT2D eigenvalue weighted by atomic mass is 16.5. The molecule has 1 aliphatic carbocycles. The third-order valence-corrected chi connectivity index (χ3v) is 3.28. The molecular weight excluding hydrogens is 126 g/mol. The first-order valence-electron chi connectivity index (χ1n) is 4.03. The van der Waals surface area contributed by atoms with Gasteiger partial charge in [-0.2, -0.15) is 0 Å². The summed E-state index contributed by atoms with van der Waals surface area (Å²) >= 11 is 0. The van der Waals surface area contributed by atoms with Crippen molar-refractivity contribution in [1.29, 1.82) is 0 Å². The third kappa shape index (κ3) is 0.663. The van der Waals surface area contributed by atoms with Crippen LogP contribution in [-0.4, -0.2) is 25.8 Å². The minimum Gasteiger partial charge on any atom is -0.381 e. The maximum Gasteiger partial charge on any atom is 0.0584 e. The molecule has 10 heavy (non-hydrogen) atoms. The average Bonchev–Trinajstić information content (AvgIpc) is 1.83. The molecule has 0 aromatic carbocycles. The fourth-order valence-corrected chi connectivity index (χ4v) is 2.11. The lowest BCUT2D eigenvalue weighted by atomic mass is 9.58. The molecular formula is C8H15NO. The average molecular weight is 141 g/mol. The Bertz CT molecular complexity index is 140. The van der Waals surface area contributed by atoms with Gasteiger partial charge in [-0.15, -0.1) is 0 Å². The van der Waals surface area contributed by atoms with Gasteiger partial charge in [-0.25, -0.2) is 0 Å². The van der Waals surface area contributed by atoms with Gasteiger partial charge in [0.05, 0.1) is 6.10 Å². The van der Waals surface area contributed by atoms with Crippen molar-refractivity contribution in [3.63, 3.8) is 0 Å². The third-order valence-electron chi connectivity index (χ3n) is 3.28. The van der Waals surface area contributed by atoms with Crippen molar-refractivity contribution < 1.29 is 4.74 Å². The van der Waals surface area contributed by atoms with Gasteiger partial charge < -0.3 is 10.1 Å². The maximum absolute atomic E-state index is 5.24. The van der Waals surface area contributed by atoms with Crippen molar-refractivity contribution in [2.75, 3.05) is 13.7 Å². The van der Waals surface area contributed by atoms with E-state index in [1.54, 1.807) is 0 Å². The van der Waals surface area contributed by atoms with E-state index in [0.29, 0.717) is 11.5 Å². The molecule has 1 atom stereocenters. The van der Waals surface area contributed by atoms with Crippen LogP contribution in [0.4, 0.5) is 0 Å². The van der Waals surface area contributed by atoms with Crippen LogP contribution in [0, 0.1) is 5.41 Å². The van der Waals surface area contributed by atoms with Crippen LogP contribution in [0.25, 0.3) is 0 Å². The van der Waals surface area contributed by atoms with Crippen LogP contribution >= 0.6 is 0 Å². The molecule has 2 aliphatic rings. The van der Waals surface area contributed by atoms with Gasteiger partial charge in [0.25, 0.3) is 0 Å². The summed E-state index contributed by atoms with van der Waals surface area (Å²) in [7, 11) is 1.81.